The lowest BCUT2D eigenvalue weighted by molar-refractivity contribution is 0.303. The second kappa shape index (κ2) is 8.55. The second-order valence-corrected chi connectivity index (χ2v) is 13.1. The van der Waals surface area contributed by atoms with Gasteiger partial charge in [-0.3, -0.25) is 0 Å². The standard InChI is InChI=1S/C15H26FO3Si2/c1-20(19-21(2,3)4)11-7-5-6-10-18-13-8-9-15(17)14(16)12-13/h8-9,12,17H,5-7,10-11H2,1-4H3. The van der Waals surface area contributed by atoms with Gasteiger partial charge in [-0.2, -0.15) is 0 Å². The molecule has 0 saturated heterocycles. The summed E-state index contributed by atoms with van der Waals surface area (Å²) in [6.45, 7) is 9.49. The first-order chi connectivity index (χ1) is 9.78. The van der Waals surface area contributed by atoms with E-state index in [2.05, 4.69) is 26.2 Å². The first-order valence-electron chi connectivity index (χ1n) is 7.41. The molecule has 3 nitrogen and oxygen atoms in total. The molecule has 0 atom stereocenters. The number of unbranched alkanes of at least 4 members (excludes halogenated alkanes) is 2. The summed E-state index contributed by atoms with van der Waals surface area (Å²) >= 11 is 0. The van der Waals surface area contributed by atoms with Crippen LogP contribution in [0.1, 0.15) is 19.3 Å². The van der Waals surface area contributed by atoms with Crippen LogP contribution in [0.15, 0.2) is 18.2 Å². The number of halogens is 1. The number of hydrogen-bond donors (Lipinski definition) is 1. The van der Waals surface area contributed by atoms with Gasteiger partial charge in [-0.05, 0) is 50.8 Å². The SMILES string of the molecule is C[Si](CCCCCOc1ccc(O)c(F)c1)O[Si](C)(C)C. The molecule has 0 bridgehead atoms. The highest BCUT2D eigenvalue weighted by Gasteiger charge is 2.18. The van der Waals surface area contributed by atoms with Gasteiger partial charge in [0.2, 0.25) is 0 Å². The zero-order valence-electron chi connectivity index (χ0n) is 13.4. The Kier molecular flexibility index (Phi) is 7.41. The maximum atomic E-state index is 13.1. The molecule has 0 aromatic heterocycles. The average molecular weight is 330 g/mol. The molecule has 119 valence electrons. The third kappa shape index (κ3) is 8.23. The van der Waals surface area contributed by atoms with Gasteiger partial charge in [0.15, 0.2) is 28.9 Å². The van der Waals surface area contributed by atoms with Crippen molar-refractivity contribution in [2.75, 3.05) is 6.61 Å². The van der Waals surface area contributed by atoms with Gasteiger partial charge >= 0.3 is 0 Å². The Morgan fingerprint density at radius 1 is 1.19 bits per heavy atom. The highest BCUT2D eigenvalue weighted by atomic mass is 28.4. The summed E-state index contributed by atoms with van der Waals surface area (Å²) in [6, 6.07) is 5.27. The van der Waals surface area contributed by atoms with Gasteiger partial charge in [-0.15, -0.1) is 0 Å². The van der Waals surface area contributed by atoms with E-state index in [4.69, 9.17) is 14.0 Å². The largest absolute Gasteiger partial charge is 0.505 e. The molecule has 0 aliphatic rings. The quantitative estimate of drug-likeness (QED) is 0.533. The minimum atomic E-state index is -1.39. The smallest absolute Gasteiger partial charge is 0.194 e. The van der Waals surface area contributed by atoms with Crippen molar-refractivity contribution in [1.82, 2.24) is 0 Å². The molecule has 1 radical (unpaired) electrons. The Morgan fingerprint density at radius 3 is 2.52 bits per heavy atom. The lowest BCUT2D eigenvalue weighted by Gasteiger charge is -2.22. The molecule has 1 aromatic rings. The molecular formula is C15H26FO3Si2. The summed E-state index contributed by atoms with van der Waals surface area (Å²) in [6.07, 6.45) is 3.20. The number of phenols is 1. The van der Waals surface area contributed by atoms with Crippen LogP contribution < -0.4 is 4.74 Å². The van der Waals surface area contributed by atoms with Crippen LogP contribution in [-0.4, -0.2) is 29.1 Å². The molecule has 6 heteroatoms. The van der Waals surface area contributed by atoms with Crippen molar-refractivity contribution in [3.63, 3.8) is 0 Å². The zero-order valence-corrected chi connectivity index (χ0v) is 15.4. The summed E-state index contributed by atoms with van der Waals surface area (Å²) in [4.78, 5) is 0. The summed E-state index contributed by atoms with van der Waals surface area (Å²) in [5, 5.41) is 9.08. The van der Waals surface area contributed by atoms with Crippen LogP contribution in [0, 0.1) is 5.82 Å². The van der Waals surface area contributed by atoms with Crippen LogP contribution in [0.25, 0.3) is 0 Å². The molecule has 0 aliphatic carbocycles. The molecule has 0 unspecified atom stereocenters. The van der Waals surface area contributed by atoms with Crippen LogP contribution in [-0.2, 0) is 4.12 Å². The van der Waals surface area contributed by atoms with Crippen molar-refractivity contribution in [3.8, 4) is 11.5 Å². The molecule has 0 saturated carbocycles. The molecule has 1 aromatic carbocycles. The number of phenolic OH excluding ortho intramolecular Hbond substituents is 1. The molecule has 1 N–H and O–H groups in total. The Balaban J connectivity index is 2.10. The third-order valence-corrected chi connectivity index (χ3v) is 7.74. The number of aromatic hydroxyl groups is 1. The van der Waals surface area contributed by atoms with E-state index in [1.54, 1.807) is 6.07 Å². The normalized spacial score (nSPS) is 11.9. The lowest BCUT2D eigenvalue weighted by Crippen LogP contribution is -2.32. The third-order valence-electron chi connectivity index (χ3n) is 2.84. The van der Waals surface area contributed by atoms with Crippen molar-refractivity contribution >= 4 is 17.4 Å². The first kappa shape index (κ1) is 18.2. The van der Waals surface area contributed by atoms with Gasteiger partial charge in [-0.25, -0.2) is 4.39 Å². The Morgan fingerprint density at radius 2 is 1.90 bits per heavy atom. The molecule has 0 fully saturated rings. The van der Waals surface area contributed by atoms with Crippen molar-refractivity contribution in [3.05, 3.63) is 24.0 Å². The number of ether oxygens (including phenoxy) is 1. The molecule has 0 heterocycles. The monoisotopic (exact) mass is 329 g/mol. The van der Waals surface area contributed by atoms with Crippen LogP contribution >= 0.6 is 0 Å². The zero-order chi connectivity index (χ0) is 15.9. The highest BCUT2D eigenvalue weighted by Crippen LogP contribution is 2.21. The first-order valence-corrected chi connectivity index (χ1v) is 12.9. The fourth-order valence-corrected chi connectivity index (χ4v) is 7.33. The summed E-state index contributed by atoms with van der Waals surface area (Å²) in [5.74, 6) is -0.524. The van der Waals surface area contributed by atoms with Crippen LogP contribution in [0.2, 0.25) is 32.2 Å². The maximum absolute atomic E-state index is 13.1. The van der Waals surface area contributed by atoms with Gasteiger partial charge in [0, 0.05) is 6.07 Å². The predicted octanol–water partition coefficient (Wildman–Crippen LogP) is 4.55. The van der Waals surface area contributed by atoms with Gasteiger partial charge in [0.25, 0.3) is 0 Å². The van der Waals surface area contributed by atoms with E-state index in [-0.39, 0.29) is 5.75 Å². The minimum Gasteiger partial charge on any atom is -0.505 e. The Bertz CT molecular complexity index is 435. The maximum Gasteiger partial charge on any atom is 0.194 e. The summed E-state index contributed by atoms with van der Waals surface area (Å²) in [7, 11) is -2.04. The van der Waals surface area contributed by atoms with E-state index >= 15 is 0 Å². The van der Waals surface area contributed by atoms with Crippen LogP contribution in [0.4, 0.5) is 4.39 Å². The van der Waals surface area contributed by atoms with Crippen molar-refractivity contribution < 1.29 is 18.3 Å². The van der Waals surface area contributed by atoms with E-state index in [1.807, 2.05) is 0 Å². The number of hydrogen-bond acceptors (Lipinski definition) is 3. The average Bonchev–Trinajstić information content (AvgIpc) is 2.35. The molecule has 0 aliphatic heterocycles. The van der Waals surface area contributed by atoms with E-state index in [0.29, 0.717) is 12.4 Å². The van der Waals surface area contributed by atoms with Gasteiger partial charge in [0.05, 0.1) is 6.61 Å². The molecule has 1 rings (SSSR count). The Labute approximate surface area is 130 Å². The fraction of sp³-hybridized carbons (Fsp3) is 0.600. The van der Waals surface area contributed by atoms with Gasteiger partial charge < -0.3 is 14.0 Å². The van der Waals surface area contributed by atoms with Crippen molar-refractivity contribution in [2.24, 2.45) is 0 Å². The highest BCUT2D eigenvalue weighted by molar-refractivity contribution is 6.77. The molecule has 0 spiro atoms. The summed E-state index contributed by atoms with van der Waals surface area (Å²) < 4.78 is 24.6. The van der Waals surface area contributed by atoms with Gasteiger partial charge in [0.1, 0.15) is 5.75 Å². The van der Waals surface area contributed by atoms with E-state index in [0.717, 1.165) is 19.3 Å². The molecular weight excluding hydrogens is 303 g/mol. The molecule has 0 amide bonds. The fourth-order valence-electron chi connectivity index (χ4n) is 1.99. The van der Waals surface area contributed by atoms with Crippen LogP contribution in [0.5, 0.6) is 11.5 Å². The topological polar surface area (TPSA) is 38.7 Å². The van der Waals surface area contributed by atoms with E-state index < -0.39 is 23.2 Å². The van der Waals surface area contributed by atoms with E-state index in [1.165, 1.54) is 18.2 Å². The number of benzene rings is 1. The minimum absolute atomic E-state index is 0.345. The van der Waals surface area contributed by atoms with Crippen molar-refractivity contribution in [2.45, 2.75) is 51.5 Å². The van der Waals surface area contributed by atoms with Crippen molar-refractivity contribution in [1.29, 1.82) is 0 Å². The van der Waals surface area contributed by atoms with E-state index in [9.17, 15) is 4.39 Å². The lowest BCUT2D eigenvalue weighted by atomic mass is 10.2. The Hall–Kier alpha value is -0.856. The number of rotatable bonds is 9. The van der Waals surface area contributed by atoms with Crippen LogP contribution in [0.3, 0.4) is 0 Å². The van der Waals surface area contributed by atoms with Gasteiger partial charge in [-0.1, -0.05) is 12.8 Å². The molecule has 21 heavy (non-hydrogen) atoms. The summed E-state index contributed by atoms with van der Waals surface area (Å²) in [5.41, 5.74) is 0. The second-order valence-electron chi connectivity index (χ2n) is 6.19. The predicted molar refractivity (Wildman–Crippen MR) is 88.3 cm³/mol.